The number of rotatable bonds is 6. The molecule has 0 aromatic heterocycles. The number of carboxylic acid groups (broad SMARTS) is 1. The quantitative estimate of drug-likeness (QED) is 0.644. The standard InChI is InChI=1S/C16H20O5/c1-3-16(14(17)18,15(19)20-4-2)9-11-10-21-13-8-6-5-7-12(11)13/h5-8,11H,3-4,9-10H2,1-2H3,(H,17,18). The van der Waals surface area contributed by atoms with Gasteiger partial charge in [-0.1, -0.05) is 25.1 Å². The van der Waals surface area contributed by atoms with E-state index in [1.54, 1.807) is 13.8 Å². The fraction of sp³-hybridized carbons (Fsp3) is 0.500. The molecule has 1 aliphatic heterocycles. The van der Waals surface area contributed by atoms with E-state index >= 15 is 0 Å². The van der Waals surface area contributed by atoms with Crippen molar-refractivity contribution in [1.29, 1.82) is 0 Å². The largest absolute Gasteiger partial charge is 0.493 e. The molecule has 5 heteroatoms. The molecule has 21 heavy (non-hydrogen) atoms. The van der Waals surface area contributed by atoms with Gasteiger partial charge >= 0.3 is 11.9 Å². The van der Waals surface area contributed by atoms with E-state index in [2.05, 4.69) is 0 Å². The first-order valence-corrected chi connectivity index (χ1v) is 7.17. The second kappa shape index (κ2) is 6.16. The second-order valence-electron chi connectivity index (χ2n) is 5.21. The molecule has 0 saturated heterocycles. The lowest BCUT2D eigenvalue weighted by molar-refractivity contribution is -0.170. The minimum atomic E-state index is -1.51. The van der Waals surface area contributed by atoms with Crippen LogP contribution in [0.3, 0.4) is 0 Å². The second-order valence-corrected chi connectivity index (χ2v) is 5.21. The first kappa shape index (κ1) is 15.4. The molecule has 0 radical (unpaired) electrons. The summed E-state index contributed by atoms with van der Waals surface area (Å²) < 4.78 is 10.6. The normalized spacial score (nSPS) is 19.2. The first-order chi connectivity index (χ1) is 10.0. The molecule has 1 N–H and O–H groups in total. The highest BCUT2D eigenvalue weighted by molar-refractivity contribution is 5.99. The van der Waals surface area contributed by atoms with E-state index in [0.29, 0.717) is 6.61 Å². The molecule has 2 unspecified atom stereocenters. The maximum atomic E-state index is 12.2. The Balaban J connectivity index is 2.28. The van der Waals surface area contributed by atoms with Crippen LogP contribution in [0.1, 0.15) is 38.2 Å². The third-order valence-electron chi connectivity index (χ3n) is 4.07. The van der Waals surface area contributed by atoms with Crippen molar-refractivity contribution >= 4 is 11.9 Å². The van der Waals surface area contributed by atoms with Crippen molar-refractivity contribution in [2.24, 2.45) is 5.41 Å². The molecule has 0 bridgehead atoms. The summed E-state index contributed by atoms with van der Waals surface area (Å²) in [5.74, 6) is -1.14. The first-order valence-electron chi connectivity index (χ1n) is 7.17. The Labute approximate surface area is 123 Å². The fourth-order valence-electron chi connectivity index (χ4n) is 2.79. The predicted molar refractivity (Wildman–Crippen MR) is 76.3 cm³/mol. The van der Waals surface area contributed by atoms with E-state index in [1.165, 1.54) is 0 Å². The van der Waals surface area contributed by atoms with Crippen LogP contribution in [0, 0.1) is 5.41 Å². The molecule has 5 nitrogen and oxygen atoms in total. The van der Waals surface area contributed by atoms with Crippen molar-refractivity contribution in [2.45, 2.75) is 32.6 Å². The lowest BCUT2D eigenvalue weighted by atomic mass is 9.75. The van der Waals surface area contributed by atoms with Crippen molar-refractivity contribution in [3.8, 4) is 5.75 Å². The van der Waals surface area contributed by atoms with E-state index < -0.39 is 17.4 Å². The molecule has 0 fully saturated rings. The van der Waals surface area contributed by atoms with Gasteiger partial charge in [-0.2, -0.15) is 0 Å². The van der Waals surface area contributed by atoms with Crippen molar-refractivity contribution in [3.05, 3.63) is 29.8 Å². The van der Waals surface area contributed by atoms with Gasteiger partial charge in [0.05, 0.1) is 13.2 Å². The van der Waals surface area contributed by atoms with Gasteiger partial charge in [0, 0.05) is 11.5 Å². The molecule has 1 aliphatic rings. The topological polar surface area (TPSA) is 72.8 Å². The van der Waals surface area contributed by atoms with Gasteiger partial charge in [0.2, 0.25) is 0 Å². The number of carbonyl (C=O) groups excluding carboxylic acids is 1. The molecule has 1 aromatic carbocycles. The zero-order valence-corrected chi connectivity index (χ0v) is 12.3. The number of carboxylic acids is 1. The number of carbonyl (C=O) groups is 2. The molecule has 0 spiro atoms. The summed E-state index contributed by atoms with van der Waals surface area (Å²) >= 11 is 0. The van der Waals surface area contributed by atoms with Gasteiger partial charge in [-0.05, 0) is 25.8 Å². The van der Waals surface area contributed by atoms with Crippen LogP contribution >= 0.6 is 0 Å². The maximum Gasteiger partial charge on any atom is 0.323 e. The smallest absolute Gasteiger partial charge is 0.323 e. The molecule has 0 amide bonds. The fourth-order valence-corrected chi connectivity index (χ4v) is 2.79. The SMILES string of the molecule is CCOC(=O)C(CC)(CC1COc2ccccc21)C(=O)O. The summed E-state index contributed by atoms with van der Waals surface area (Å²) in [6.07, 6.45) is 0.383. The molecule has 0 saturated carbocycles. The highest BCUT2D eigenvalue weighted by Gasteiger charge is 2.49. The number of fused-ring (bicyclic) bond motifs is 1. The number of aliphatic carboxylic acids is 1. The summed E-state index contributed by atoms with van der Waals surface area (Å²) in [6, 6.07) is 7.53. The van der Waals surface area contributed by atoms with Gasteiger partial charge < -0.3 is 14.6 Å². The maximum absolute atomic E-state index is 12.2. The molecule has 2 rings (SSSR count). The molecule has 2 atom stereocenters. The van der Waals surface area contributed by atoms with Crippen LogP contribution < -0.4 is 4.74 Å². The molecule has 1 heterocycles. The minimum absolute atomic E-state index is 0.110. The zero-order chi connectivity index (χ0) is 15.5. The van der Waals surface area contributed by atoms with Crippen molar-refractivity contribution in [1.82, 2.24) is 0 Å². The summed E-state index contributed by atoms with van der Waals surface area (Å²) in [4.78, 5) is 23.9. The lowest BCUT2D eigenvalue weighted by Crippen LogP contribution is -2.41. The van der Waals surface area contributed by atoms with Gasteiger partial charge in [0.25, 0.3) is 0 Å². The van der Waals surface area contributed by atoms with Crippen molar-refractivity contribution in [3.63, 3.8) is 0 Å². The van der Waals surface area contributed by atoms with Crippen LogP contribution in [0.2, 0.25) is 0 Å². The van der Waals surface area contributed by atoms with Gasteiger partial charge in [0.1, 0.15) is 5.75 Å². The predicted octanol–water partition coefficient (Wildman–Crippen LogP) is 2.60. The van der Waals surface area contributed by atoms with E-state index in [0.717, 1.165) is 11.3 Å². The van der Waals surface area contributed by atoms with Crippen LogP contribution in [0.25, 0.3) is 0 Å². The monoisotopic (exact) mass is 292 g/mol. The lowest BCUT2D eigenvalue weighted by Gasteiger charge is -2.28. The summed E-state index contributed by atoms with van der Waals surface area (Å²) in [5, 5.41) is 9.59. The van der Waals surface area contributed by atoms with Crippen LogP contribution in [-0.4, -0.2) is 30.3 Å². The van der Waals surface area contributed by atoms with Crippen LogP contribution in [-0.2, 0) is 14.3 Å². The molecular weight excluding hydrogens is 272 g/mol. The van der Waals surface area contributed by atoms with Gasteiger partial charge in [-0.25, -0.2) is 0 Å². The minimum Gasteiger partial charge on any atom is -0.493 e. The van der Waals surface area contributed by atoms with Gasteiger partial charge in [-0.15, -0.1) is 0 Å². The van der Waals surface area contributed by atoms with Gasteiger partial charge in [0.15, 0.2) is 5.41 Å². The van der Waals surface area contributed by atoms with E-state index in [4.69, 9.17) is 9.47 Å². The van der Waals surface area contributed by atoms with Crippen molar-refractivity contribution in [2.75, 3.05) is 13.2 Å². The average Bonchev–Trinajstić information content (AvgIpc) is 2.87. The Morgan fingerprint density at radius 3 is 2.71 bits per heavy atom. The third-order valence-corrected chi connectivity index (χ3v) is 4.07. The highest BCUT2D eigenvalue weighted by atomic mass is 16.5. The molecular formula is C16H20O5. The number of para-hydroxylation sites is 1. The number of hydrogen-bond donors (Lipinski definition) is 1. The number of esters is 1. The zero-order valence-electron chi connectivity index (χ0n) is 12.3. The summed E-state index contributed by atoms with van der Waals surface area (Å²) in [7, 11) is 0. The Kier molecular flexibility index (Phi) is 4.50. The van der Waals surface area contributed by atoms with E-state index in [9.17, 15) is 14.7 Å². The summed E-state index contributed by atoms with van der Waals surface area (Å²) in [6.45, 7) is 3.94. The molecule has 0 aliphatic carbocycles. The van der Waals surface area contributed by atoms with Crippen LogP contribution in [0.5, 0.6) is 5.75 Å². The number of hydrogen-bond acceptors (Lipinski definition) is 4. The molecule has 114 valence electrons. The molecule has 1 aromatic rings. The van der Waals surface area contributed by atoms with Crippen molar-refractivity contribution < 1.29 is 24.2 Å². The van der Waals surface area contributed by atoms with Crippen LogP contribution in [0.4, 0.5) is 0 Å². The number of benzene rings is 1. The van der Waals surface area contributed by atoms with Crippen LogP contribution in [0.15, 0.2) is 24.3 Å². The van der Waals surface area contributed by atoms with Gasteiger partial charge in [-0.3, -0.25) is 9.59 Å². The Morgan fingerprint density at radius 2 is 2.10 bits per heavy atom. The summed E-state index contributed by atoms with van der Waals surface area (Å²) in [5.41, 5.74) is -0.553. The third kappa shape index (κ3) is 2.73. The number of ether oxygens (including phenoxy) is 2. The van der Waals surface area contributed by atoms with E-state index in [-0.39, 0.29) is 25.4 Å². The Hall–Kier alpha value is -2.04. The highest BCUT2D eigenvalue weighted by Crippen LogP contribution is 2.42. The van der Waals surface area contributed by atoms with E-state index in [1.807, 2.05) is 24.3 Å². The average molecular weight is 292 g/mol. The Bertz CT molecular complexity index is 539. The Morgan fingerprint density at radius 1 is 1.38 bits per heavy atom.